The van der Waals surface area contributed by atoms with Crippen LogP contribution in [0.15, 0.2) is 103 Å². The number of aromatic nitrogens is 1. The summed E-state index contributed by atoms with van der Waals surface area (Å²) in [4.78, 5) is 19.9. The minimum absolute atomic E-state index is 0.176. The number of benzene rings is 4. The van der Waals surface area contributed by atoms with Gasteiger partial charge in [0.25, 0.3) is 5.91 Å². The minimum Gasteiger partial charge on any atom is -0.497 e. The van der Waals surface area contributed by atoms with Crippen molar-refractivity contribution in [3.8, 4) is 17.0 Å². The molecule has 1 saturated heterocycles. The van der Waals surface area contributed by atoms with Gasteiger partial charge in [-0.15, -0.1) is 0 Å². The van der Waals surface area contributed by atoms with Gasteiger partial charge in [-0.1, -0.05) is 30.3 Å². The van der Waals surface area contributed by atoms with E-state index in [1.165, 1.54) is 11.1 Å². The second-order valence-corrected chi connectivity index (χ2v) is 10.6. The molecule has 1 aromatic heterocycles. The third kappa shape index (κ3) is 6.28. The van der Waals surface area contributed by atoms with Gasteiger partial charge in [-0.2, -0.15) is 0 Å². The van der Waals surface area contributed by atoms with Crippen molar-refractivity contribution in [2.45, 2.75) is 25.3 Å². The van der Waals surface area contributed by atoms with E-state index in [0.29, 0.717) is 11.5 Å². The fourth-order valence-electron chi connectivity index (χ4n) is 5.55. The summed E-state index contributed by atoms with van der Waals surface area (Å²) in [5, 5.41) is 5.22. The lowest BCUT2D eigenvalue weighted by molar-refractivity contribution is 0.102. The highest BCUT2D eigenvalue weighted by Gasteiger charge is 2.20. The molecule has 206 valence electrons. The molecule has 0 saturated carbocycles. The van der Waals surface area contributed by atoms with Crippen LogP contribution in [0.2, 0.25) is 0 Å². The maximum atomic E-state index is 13.3. The number of carbonyl (C=O) groups is 1. The van der Waals surface area contributed by atoms with Crippen LogP contribution in [-0.4, -0.2) is 36.0 Å². The van der Waals surface area contributed by atoms with Crippen molar-refractivity contribution < 1.29 is 13.9 Å². The van der Waals surface area contributed by atoms with E-state index in [-0.39, 0.29) is 11.7 Å². The Morgan fingerprint density at radius 1 is 0.902 bits per heavy atom. The lowest BCUT2D eigenvalue weighted by atomic mass is 9.89. The average molecular weight is 546 g/mol. The number of fused-ring (bicyclic) bond motifs is 1. The standard InChI is InChI=1S/C35H32FN3O2/c1-41-33-13-7-27(8-14-33)34-15-9-30(22-37-34)35(40)38-32-12-6-28-20-24(2-3-29(28)21-32)23-39-18-16-26(17-19-39)25-4-10-31(36)11-5-25/h2-15,20-22,26H,16-19,23H2,1H3,(H,38,40). The molecule has 41 heavy (non-hydrogen) atoms. The van der Waals surface area contributed by atoms with Crippen LogP contribution in [-0.2, 0) is 6.54 Å². The summed E-state index contributed by atoms with van der Waals surface area (Å²) in [6.45, 7) is 2.96. The molecular weight excluding hydrogens is 513 g/mol. The van der Waals surface area contributed by atoms with Gasteiger partial charge in [0.1, 0.15) is 11.6 Å². The molecule has 6 heteroatoms. The van der Waals surface area contributed by atoms with Gasteiger partial charge >= 0.3 is 0 Å². The van der Waals surface area contributed by atoms with E-state index in [1.807, 2.05) is 54.6 Å². The number of piperidine rings is 1. The fraction of sp³-hybridized carbons (Fsp3) is 0.200. The maximum Gasteiger partial charge on any atom is 0.257 e. The molecule has 1 fully saturated rings. The number of pyridine rings is 1. The molecule has 1 aliphatic rings. The number of rotatable bonds is 7. The normalized spacial score (nSPS) is 14.2. The molecule has 0 bridgehead atoms. The molecule has 5 nitrogen and oxygen atoms in total. The Hall–Kier alpha value is -4.55. The summed E-state index contributed by atoms with van der Waals surface area (Å²) in [6.07, 6.45) is 3.77. The predicted octanol–water partition coefficient (Wildman–Crippen LogP) is 7.68. The van der Waals surface area contributed by atoms with E-state index in [9.17, 15) is 9.18 Å². The third-order valence-corrected chi connectivity index (χ3v) is 7.91. The Labute approximate surface area is 239 Å². The lowest BCUT2D eigenvalue weighted by Crippen LogP contribution is -2.32. The highest BCUT2D eigenvalue weighted by Crippen LogP contribution is 2.29. The summed E-state index contributed by atoms with van der Waals surface area (Å²) in [7, 11) is 1.64. The van der Waals surface area contributed by atoms with Gasteiger partial charge in [0.15, 0.2) is 0 Å². The maximum absolute atomic E-state index is 13.3. The van der Waals surface area contributed by atoms with Crippen molar-refractivity contribution in [1.29, 1.82) is 0 Å². The van der Waals surface area contributed by atoms with Crippen LogP contribution in [0.25, 0.3) is 22.0 Å². The molecule has 0 spiro atoms. The topological polar surface area (TPSA) is 54.5 Å². The number of carbonyl (C=O) groups excluding carboxylic acids is 1. The zero-order chi connectivity index (χ0) is 28.2. The predicted molar refractivity (Wildman–Crippen MR) is 162 cm³/mol. The molecule has 0 radical (unpaired) electrons. The van der Waals surface area contributed by atoms with E-state index < -0.39 is 0 Å². The first-order chi connectivity index (χ1) is 20.0. The monoisotopic (exact) mass is 545 g/mol. The Morgan fingerprint density at radius 2 is 1.63 bits per heavy atom. The van der Waals surface area contributed by atoms with E-state index in [1.54, 1.807) is 31.5 Å². The van der Waals surface area contributed by atoms with E-state index in [4.69, 9.17) is 4.74 Å². The summed E-state index contributed by atoms with van der Waals surface area (Å²) < 4.78 is 18.5. The zero-order valence-corrected chi connectivity index (χ0v) is 23.0. The van der Waals surface area contributed by atoms with E-state index >= 15 is 0 Å². The van der Waals surface area contributed by atoms with Crippen molar-refractivity contribution in [1.82, 2.24) is 9.88 Å². The largest absolute Gasteiger partial charge is 0.497 e. The summed E-state index contributed by atoms with van der Waals surface area (Å²) in [6, 6.07) is 30.8. The molecule has 1 aliphatic heterocycles. The Kier molecular flexibility index (Phi) is 7.74. The SMILES string of the molecule is COc1ccc(-c2ccc(C(=O)Nc3ccc4cc(CN5CCC(c6ccc(F)cc6)CC5)ccc4c3)cn2)cc1. The van der Waals surface area contributed by atoms with Crippen LogP contribution >= 0.6 is 0 Å². The molecule has 2 heterocycles. The number of halogens is 1. The van der Waals surface area contributed by atoms with E-state index in [2.05, 4.69) is 39.5 Å². The van der Waals surface area contributed by atoms with Crippen LogP contribution in [0.3, 0.4) is 0 Å². The number of hydrogen-bond donors (Lipinski definition) is 1. The molecule has 5 aromatic rings. The number of likely N-dealkylation sites (tertiary alicyclic amines) is 1. The van der Waals surface area contributed by atoms with Crippen molar-refractivity contribution >= 4 is 22.4 Å². The Morgan fingerprint density at radius 3 is 2.34 bits per heavy atom. The van der Waals surface area contributed by atoms with Gasteiger partial charge < -0.3 is 10.1 Å². The average Bonchev–Trinajstić information content (AvgIpc) is 3.02. The number of amides is 1. The summed E-state index contributed by atoms with van der Waals surface area (Å²) in [5.41, 5.74) is 5.52. The first kappa shape index (κ1) is 26.7. The number of ether oxygens (including phenoxy) is 1. The number of nitrogens with one attached hydrogen (secondary N) is 1. The Balaban J connectivity index is 1.06. The first-order valence-corrected chi connectivity index (χ1v) is 14.0. The molecular formula is C35H32FN3O2. The van der Waals surface area contributed by atoms with Crippen LogP contribution in [0.5, 0.6) is 5.75 Å². The molecule has 4 aromatic carbocycles. The summed E-state index contributed by atoms with van der Waals surface area (Å²) >= 11 is 0. The van der Waals surface area contributed by atoms with Crippen molar-refractivity contribution in [2.75, 3.05) is 25.5 Å². The molecule has 0 aliphatic carbocycles. The van der Waals surface area contributed by atoms with Crippen molar-refractivity contribution in [3.63, 3.8) is 0 Å². The lowest BCUT2D eigenvalue weighted by Gasteiger charge is -2.32. The van der Waals surface area contributed by atoms with Gasteiger partial charge in [0.05, 0.1) is 18.4 Å². The second-order valence-electron chi connectivity index (χ2n) is 10.6. The quantitative estimate of drug-likeness (QED) is 0.228. The third-order valence-electron chi connectivity index (χ3n) is 7.91. The highest BCUT2D eigenvalue weighted by molar-refractivity contribution is 6.05. The minimum atomic E-state index is -0.196. The van der Waals surface area contributed by atoms with Crippen LogP contribution in [0, 0.1) is 5.82 Å². The number of nitrogens with zero attached hydrogens (tertiary/aromatic N) is 2. The molecule has 0 atom stereocenters. The second kappa shape index (κ2) is 11.9. The molecule has 6 rings (SSSR count). The van der Waals surface area contributed by atoms with Crippen molar-refractivity contribution in [3.05, 3.63) is 126 Å². The van der Waals surface area contributed by atoms with Gasteiger partial charge in [-0.3, -0.25) is 14.7 Å². The Bertz CT molecular complexity index is 1640. The van der Waals surface area contributed by atoms with Gasteiger partial charge in [-0.05, 0) is 120 Å². The van der Waals surface area contributed by atoms with E-state index in [0.717, 1.165) is 65.9 Å². The summed E-state index contributed by atoms with van der Waals surface area (Å²) in [5.74, 6) is 0.916. The number of methoxy groups -OCH3 is 1. The molecule has 0 unspecified atom stereocenters. The van der Waals surface area contributed by atoms with Crippen LogP contribution in [0.4, 0.5) is 10.1 Å². The zero-order valence-electron chi connectivity index (χ0n) is 23.0. The van der Waals surface area contributed by atoms with Gasteiger partial charge in [-0.25, -0.2) is 4.39 Å². The van der Waals surface area contributed by atoms with Crippen LogP contribution < -0.4 is 10.1 Å². The fourth-order valence-corrected chi connectivity index (χ4v) is 5.55. The first-order valence-electron chi connectivity index (χ1n) is 14.0. The smallest absolute Gasteiger partial charge is 0.257 e. The molecule has 1 N–H and O–H groups in total. The number of anilines is 1. The van der Waals surface area contributed by atoms with Crippen molar-refractivity contribution in [2.24, 2.45) is 0 Å². The number of hydrogen-bond acceptors (Lipinski definition) is 4. The van der Waals surface area contributed by atoms with Crippen LogP contribution in [0.1, 0.15) is 40.2 Å². The highest BCUT2D eigenvalue weighted by atomic mass is 19.1. The van der Waals surface area contributed by atoms with Gasteiger partial charge in [0, 0.05) is 24.0 Å². The van der Waals surface area contributed by atoms with Gasteiger partial charge in [0.2, 0.25) is 0 Å². The molecule has 1 amide bonds.